The lowest BCUT2D eigenvalue weighted by Gasteiger charge is -2.24. The van der Waals surface area contributed by atoms with Crippen molar-refractivity contribution < 1.29 is 5.11 Å². The molecule has 0 aromatic heterocycles. The van der Waals surface area contributed by atoms with Gasteiger partial charge < -0.3 is 10.0 Å². The van der Waals surface area contributed by atoms with Crippen LogP contribution in [-0.2, 0) is 0 Å². The fourth-order valence-corrected chi connectivity index (χ4v) is 1.90. The number of alkyl halides is 2. The third-order valence-corrected chi connectivity index (χ3v) is 3.08. The first kappa shape index (κ1) is 15.1. The fraction of sp³-hybridized carbons (Fsp3) is 0.500. The second-order valence-corrected chi connectivity index (χ2v) is 4.59. The molecule has 0 unspecified atom stereocenters. The number of benzene rings is 1. The molecule has 0 bridgehead atoms. The van der Waals surface area contributed by atoms with E-state index in [0.29, 0.717) is 11.8 Å². The molecular weight excluding hydrogens is 275 g/mol. The Morgan fingerprint density at radius 2 is 1.78 bits per heavy atom. The highest BCUT2D eigenvalue weighted by atomic mass is 35.5. The second-order valence-electron chi connectivity index (χ2n) is 3.84. The maximum absolute atomic E-state index is 10.4. The minimum absolute atomic E-state index is 0.0494. The van der Waals surface area contributed by atoms with Crippen molar-refractivity contribution in [2.24, 2.45) is 5.18 Å². The summed E-state index contributed by atoms with van der Waals surface area (Å²) >= 11 is 11.4. The van der Waals surface area contributed by atoms with Crippen LogP contribution in [0.25, 0.3) is 0 Å². The number of hydrogen-bond donors (Lipinski definition) is 1. The molecule has 0 spiro atoms. The van der Waals surface area contributed by atoms with E-state index in [1.165, 1.54) is 6.07 Å². The molecule has 0 radical (unpaired) electrons. The van der Waals surface area contributed by atoms with Crippen molar-refractivity contribution >= 4 is 34.6 Å². The van der Waals surface area contributed by atoms with Crippen LogP contribution in [0.5, 0.6) is 5.75 Å². The van der Waals surface area contributed by atoms with E-state index >= 15 is 0 Å². The highest BCUT2D eigenvalue weighted by Gasteiger charge is 2.09. The van der Waals surface area contributed by atoms with Crippen molar-refractivity contribution in [2.75, 3.05) is 29.7 Å². The highest BCUT2D eigenvalue weighted by Crippen LogP contribution is 2.30. The summed E-state index contributed by atoms with van der Waals surface area (Å²) in [6, 6.07) is 4.81. The van der Waals surface area contributed by atoms with Crippen LogP contribution in [0.4, 0.5) is 11.4 Å². The number of aromatic hydroxyl groups is 1. The lowest BCUT2D eigenvalue weighted by atomic mass is 10.2. The van der Waals surface area contributed by atoms with Crippen LogP contribution >= 0.6 is 23.2 Å². The van der Waals surface area contributed by atoms with Gasteiger partial charge in [-0.25, -0.2) is 0 Å². The normalized spacial score (nSPS) is 10.3. The molecule has 0 aliphatic rings. The van der Waals surface area contributed by atoms with Gasteiger partial charge in [-0.2, -0.15) is 0 Å². The number of anilines is 1. The van der Waals surface area contributed by atoms with Gasteiger partial charge in [0.2, 0.25) is 0 Å². The van der Waals surface area contributed by atoms with Crippen LogP contribution in [0.3, 0.4) is 0 Å². The second kappa shape index (κ2) is 8.16. The fourth-order valence-electron chi connectivity index (χ4n) is 1.66. The van der Waals surface area contributed by atoms with Gasteiger partial charge in [0.25, 0.3) is 0 Å². The first-order valence-electron chi connectivity index (χ1n) is 5.76. The van der Waals surface area contributed by atoms with Crippen molar-refractivity contribution in [2.45, 2.75) is 12.8 Å². The largest absolute Gasteiger partial charge is 0.505 e. The molecule has 1 N–H and O–H groups in total. The van der Waals surface area contributed by atoms with E-state index in [-0.39, 0.29) is 11.4 Å². The summed E-state index contributed by atoms with van der Waals surface area (Å²) in [7, 11) is 0. The van der Waals surface area contributed by atoms with Crippen molar-refractivity contribution in [3.05, 3.63) is 23.1 Å². The Labute approximate surface area is 116 Å². The minimum Gasteiger partial charge on any atom is -0.505 e. The van der Waals surface area contributed by atoms with Gasteiger partial charge >= 0.3 is 0 Å². The molecule has 0 atom stereocenters. The predicted molar refractivity (Wildman–Crippen MR) is 76.4 cm³/mol. The summed E-state index contributed by atoms with van der Waals surface area (Å²) in [5.74, 6) is 1.05. The number of halogens is 2. The Hall–Kier alpha value is -1.00. The molecule has 0 amide bonds. The summed E-state index contributed by atoms with van der Waals surface area (Å²) in [6.45, 7) is 1.57. The van der Waals surface area contributed by atoms with E-state index in [9.17, 15) is 10.0 Å². The quantitative estimate of drug-likeness (QED) is 0.584. The zero-order chi connectivity index (χ0) is 13.4. The molecule has 0 aliphatic carbocycles. The number of rotatable bonds is 8. The van der Waals surface area contributed by atoms with Gasteiger partial charge in [0.1, 0.15) is 11.4 Å². The molecule has 6 heteroatoms. The number of hydrogen-bond acceptors (Lipinski definition) is 4. The van der Waals surface area contributed by atoms with Crippen LogP contribution in [0.15, 0.2) is 23.4 Å². The Balaban J connectivity index is 2.82. The molecule has 1 aromatic carbocycles. The molecule has 0 heterocycles. The summed E-state index contributed by atoms with van der Waals surface area (Å²) in [5, 5.41) is 12.4. The SMILES string of the molecule is O=Nc1ccc(N(CCCCl)CCCCl)cc1O. The van der Waals surface area contributed by atoms with E-state index < -0.39 is 0 Å². The van der Waals surface area contributed by atoms with Gasteiger partial charge in [-0.3, -0.25) is 0 Å². The first-order chi connectivity index (χ1) is 8.72. The molecule has 0 saturated carbocycles. The van der Waals surface area contributed by atoms with Crippen LogP contribution in [-0.4, -0.2) is 30.0 Å². The van der Waals surface area contributed by atoms with Gasteiger partial charge in [-0.15, -0.1) is 28.1 Å². The monoisotopic (exact) mass is 290 g/mol. The molecular formula is C12H16Cl2N2O2. The minimum atomic E-state index is -0.107. The topological polar surface area (TPSA) is 52.9 Å². The smallest absolute Gasteiger partial charge is 0.149 e. The Morgan fingerprint density at radius 3 is 2.22 bits per heavy atom. The maximum atomic E-state index is 10.4. The zero-order valence-corrected chi connectivity index (χ0v) is 11.5. The molecule has 1 aromatic rings. The van der Waals surface area contributed by atoms with Crippen molar-refractivity contribution in [3.63, 3.8) is 0 Å². The standard InChI is InChI=1S/C12H16Cl2N2O2/c13-5-1-7-16(8-2-6-14)10-3-4-11(15-18)12(17)9-10/h3-4,9,17H,1-2,5-8H2. The summed E-state index contributed by atoms with van der Waals surface area (Å²) in [5.41, 5.74) is 0.892. The van der Waals surface area contributed by atoms with Crippen LogP contribution < -0.4 is 4.90 Å². The molecule has 0 fully saturated rings. The van der Waals surface area contributed by atoms with E-state index in [1.54, 1.807) is 12.1 Å². The summed E-state index contributed by atoms with van der Waals surface area (Å²) < 4.78 is 0. The Bertz CT molecular complexity index is 380. The summed E-state index contributed by atoms with van der Waals surface area (Å²) in [4.78, 5) is 12.5. The lowest BCUT2D eigenvalue weighted by molar-refractivity contribution is 0.476. The third-order valence-electron chi connectivity index (χ3n) is 2.55. The van der Waals surface area contributed by atoms with E-state index in [1.807, 2.05) is 0 Å². The van der Waals surface area contributed by atoms with Crippen LogP contribution in [0.2, 0.25) is 0 Å². The summed E-state index contributed by atoms with van der Waals surface area (Å²) in [6.07, 6.45) is 1.69. The predicted octanol–water partition coefficient (Wildman–Crippen LogP) is 3.85. The van der Waals surface area contributed by atoms with Crippen molar-refractivity contribution in [3.8, 4) is 5.75 Å². The molecule has 4 nitrogen and oxygen atoms in total. The zero-order valence-electron chi connectivity index (χ0n) is 9.98. The van der Waals surface area contributed by atoms with E-state index in [2.05, 4.69) is 10.1 Å². The molecule has 18 heavy (non-hydrogen) atoms. The van der Waals surface area contributed by atoms with E-state index in [4.69, 9.17) is 23.2 Å². The van der Waals surface area contributed by atoms with Crippen LogP contribution in [0, 0.1) is 4.91 Å². The maximum Gasteiger partial charge on any atom is 0.149 e. The van der Waals surface area contributed by atoms with Gasteiger partial charge in [0, 0.05) is 36.6 Å². The Morgan fingerprint density at radius 1 is 1.17 bits per heavy atom. The Kier molecular flexibility index (Phi) is 6.83. The molecule has 100 valence electrons. The molecule has 0 aliphatic heterocycles. The van der Waals surface area contributed by atoms with Gasteiger partial charge in [-0.05, 0) is 30.2 Å². The van der Waals surface area contributed by atoms with Gasteiger partial charge in [-0.1, -0.05) is 0 Å². The first-order valence-corrected chi connectivity index (χ1v) is 6.83. The number of nitroso groups, excluding NO2 is 1. The average Bonchev–Trinajstić information content (AvgIpc) is 2.39. The molecule has 1 rings (SSSR count). The van der Waals surface area contributed by atoms with Gasteiger partial charge in [0.05, 0.1) is 0 Å². The third kappa shape index (κ3) is 4.35. The van der Waals surface area contributed by atoms with Crippen molar-refractivity contribution in [1.82, 2.24) is 0 Å². The van der Waals surface area contributed by atoms with Crippen LogP contribution in [0.1, 0.15) is 12.8 Å². The molecule has 0 saturated heterocycles. The number of nitrogens with zero attached hydrogens (tertiary/aromatic N) is 2. The van der Waals surface area contributed by atoms with Gasteiger partial charge in [0.15, 0.2) is 0 Å². The number of phenolic OH excluding ortho intramolecular Hbond substituents is 1. The van der Waals surface area contributed by atoms with Crippen molar-refractivity contribution in [1.29, 1.82) is 0 Å². The van der Waals surface area contributed by atoms with E-state index in [0.717, 1.165) is 31.6 Å². The average molecular weight is 291 g/mol. The highest BCUT2D eigenvalue weighted by molar-refractivity contribution is 6.18. The number of phenols is 1. The lowest BCUT2D eigenvalue weighted by Crippen LogP contribution is -2.26.